The van der Waals surface area contributed by atoms with E-state index in [0.29, 0.717) is 22.7 Å². The van der Waals surface area contributed by atoms with E-state index in [0.717, 1.165) is 54.3 Å². The highest BCUT2D eigenvalue weighted by atomic mass is 35.5. The number of nitrogens with one attached hydrogen (secondary N) is 2. The van der Waals surface area contributed by atoms with Crippen LogP contribution in [0.4, 0.5) is 17.3 Å². The molecule has 5 rings (SSSR count). The summed E-state index contributed by atoms with van der Waals surface area (Å²) in [6.45, 7) is 5.26. The van der Waals surface area contributed by atoms with Crippen molar-refractivity contribution in [3.63, 3.8) is 0 Å². The first-order chi connectivity index (χ1) is 17.4. The van der Waals surface area contributed by atoms with Gasteiger partial charge >= 0.3 is 0 Å². The molecule has 1 saturated heterocycles. The molecule has 2 aliphatic rings. The Hall–Kier alpha value is -3.07. The number of fused-ring (bicyclic) bond motifs is 3. The SMILES string of the molecule is Cc1ncc(CCN2CCCC(N(C)C)C2)cc1Nc1ncc2c(n1)-c1ccc(Cl)cc1NC(=O)C2. The lowest BCUT2D eigenvalue weighted by atomic mass is 10.0. The van der Waals surface area contributed by atoms with Gasteiger partial charge in [-0.05, 0) is 76.7 Å². The van der Waals surface area contributed by atoms with Crippen LogP contribution in [0.3, 0.4) is 0 Å². The molecule has 2 aliphatic heterocycles. The minimum atomic E-state index is -0.111. The summed E-state index contributed by atoms with van der Waals surface area (Å²) in [5.74, 6) is 0.357. The number of benzene rings is 1. The molecule has 8 nitrogen and oxygen atoms in total. The molecule has 0 bridgehead atoms. The van der Waals surface area contributed by atoms with Crippen molar-refractivity contribution in [3.05, 3.63) is 58.5 Å². The Balaban J connectivity index is 1.34. The summed E-state index contributed by atoms with van der Waals surface area (Å²) in [5, 5.41) is 6.84. The molecule has 3 aromatic rings. The molecule has 36 heavy (non-hydrogen) atoms. The molecule has 1 amide bonds. The standard InChI is InChI=1S/C27H32ClN7O/c1-17-23(11-18(14-29-17)8-10-35-9-4-5-21(16-35)34(2)3)32-27-30-15-19-12-25(36)31-24-13-20(28)6-7-22(24)26(19)33-27/h6-7,11,13-15,21H,4-5,8-10,12,16H2,1-3H3,(H,31,36)(H,30,32,33). The predicted octanol–water partition coefficient (Wildman–Crippen LogP) is 4.31. The molecule has 0 radical (unpaired) electrons. The number of carbonyl (C=O) groups is 1. The molecule has 4 heterocycles. The molecule has 1 fully saturated rings. The van der Waals surface area contributed by atoms with Gasteiger partial charge < -0.3 is 20.4 Å². The second kappa shape index (κ2) is 10.5. The van der Waals surface area contributed by atoms with Crippen LogP contribution in [0.5, 0.6) is 0 Å². The summed E-state index contributed by atoms with van der Waals surface area (Å²) in [7, 11) is 4.34. The van der Waals surface area contributed by atoms with Crippen molar-refractivity contribution in [3.8, 4) is 11.3 Å². The third kappa shape index (κ3) is 5.51. The fourth-order valence-corrected chi connectivity index (χ4v) is 5.10. The van der Waals surface area contributed by atoms with Crippen LogP contribution in [0.25, 0.3) is 11.3 Å². The fourth-order valence-electron chi connectivity index (χ4n) is 4.93. The van der Waals surface area contributed by atoms with Gasteiger partial charge in [0.25, 0.3) is 0 Å². The second-order valence-corrected chi connectivity index (χ2v) is 10.3. The Bertz CT molecular complexity index is 1280. The van der Waals surface area contributed by atoms with Crippen LogP contribution in [0, 0.1) is 6.92 Å². The molecule has 188 valence electrons. The number of aromatic nitrogens is 3. The van der Waals surface area contributed by atoms with Gasteiger partial charge in [-0.1, -0.05) is 11.6 Å². The predicted molar refractivity (Wildman–Crippen MR) is 144 cm³/mol. The van der Waals surface area contributed by atoms with Gasteiger partial charge in [-0.2, -0.15) is 0 Å². The first-order valence-electron chi connectivity index (χ1n) is 12.4. The molecule has 0 saturated carbocycles. The third-order valence-electron chi connectivity index (χ3n) is 7.04. The van der Waals surface area contributed by atoms with Crippen molar-refractivity contribution in [1.29, 1.82) is 0 Å². The van der Waals surface area contributed by atoms with Gasteiger partial charge in [-0.15, -0.1) is 0 Å². The van der Waals surface area contributed by atoms with E-state index in [-0.39, 0.29) is 12.3 Å². The Morgan fingerprint density at radius 3 is 2.92 bits per heavy atom. The van der Waals surface area contributed by atoms with Crippen LogP contribution in [0.1, 0.15) is 29.7 Å². The lowest BCUT2D eigenvalue weighted by Gasteiger charge is -2.36. The summed E-state index contributed by atoms with van der Waals surface area (Å²) in [4.78, 5) is 31.2. The van der Waals surface area contributed by atoms with Crippen LogP contribution in [-0.4, -0.2) is 70.4 Å². The smallest absolute Gasteiger partial charge is 0.228 e. The van der Waals surface area contributed by atoms with Gasteiger partial charge in [0.05, 0.1) is 29.2 Å². The lowest BCUT2D eigenvalue weighted by Crippen LogP contribution is -2.45. The van der Waals surface area contributed by atoms with Gasteiger partial charge in [0, 0.05) is 47.7 Å². The number of pyridine rings is 1. The highest BCUT2D eigenvalue weighted by Crippen LogP contribution is 2.35. The summed E-state index contributed by atoms with van der Waals surface area (Å²) < 4.78 is 0. The lowest BCUT2D eigenvalue weighted by molar-refractivity contribution is -0.115. The second-order valence-electron chi connectivity index (χ2n) is 9.89. The van der Waals surface area contributed by atoms with E-state index < -0.39 is 0 Å². The first kappa shape index (κ1) is 24.6. The number of nitrogens with zero attached hydrogens (tertiary/aromatic N) is 5. The third-order valence-corrected chi connectivity index (χ3v) is 7.28. The molecule has 2 N–H and O–H groups in total. The monoisotopic (exact) mass is 505 g/mol. The zero-order valence-electron chi connectivity index (χ0n) is 21.0. The fraction of sp³-hybridized carbons (Fsp3) is 0.407. The van der Waals surface area contributed by atoms with Crippen molar-refractivity contribution < 1.29 is 4.79 Å². The topological polar surface area (TPSA) is 86.3 Å². The van der Waals surface area contributed by atoms with Crippen molar-refractivity contribution in [1.82, 2.24) is 24.8 Å². The molecule has 1 atom stereocenters. The number of piperidine rings is 1. The van der Waals surface area contributed by atoms with Gasteiger partial charge in [-0.25, -0.2) is 9.97 Å². The number of hydrogen-bond donors (Lipinski definition) is 2. The maximum absolute atomic E-state index is 12.4. The largest absolute Gasteiger partial charge is 0.325 e. The summed E-state index contributed by atoms with van der Waals surface area (Å²) in [5.41, 5.74) is 5.93. The molecule has 1 unspecified atom stereocenters. The Kier molecular flexibility index (Phi) is 7.18. The van der Waals surface area contributed by atoms with Gasteiger partial charge in [0.1, 0.15) is 0 Å². The van der Waals surface area contributed by atoms with Crippen LogP contribution in [0.2, 0.25) is 5.02 Å². The van der Waals surface area contributed by atoms with Gasteiger partial charge in [-0.3, -0.25) is 9.78 Å². The number of rotatable bonds is 6. The van der Waals surface area contributed by atoms with Gasteiger partial charge in [0.15, 0.2) is 0 Å². The summed E-state index contributed by atoms with van der Waals surface area (Å²) in [6.07, 6.45) is 7.35. The highest BCUT2D eigenvalue weighted by Gasteiger charge is 2.22. The summed E-state index contributed by atoms with van der Waals surface area (Å²) >= 11 is 6.16. The minimum absolute atomic E-state index is 0.111. The van der Waals surface area contributed by atoms with Crippen LogP contribution in [0.15, 0.2) is 36.7 Å². The number of halogens is 1. The van der Waals surface area contributed by atoms with E-state index in [1.807, 2.05) is 19.2 Å². The highest BCUT2D eigenvalue weighted by molar-refractivity contribution is 6.31. The molecule has 1 aromatic carbocycles. The first-order valence-corrected chi connectivity index (χ1v) is 12.8. The van der Waals surface area contributed by atoms with E-state index in [9.17, 15) is 4.79 Å². The maximum atomic E-state index is 12.4. The minimum Gasteiger partial charge on any atom is -0.325 e. The molecular formula is C27H32ClN7O. The normalized spacial score (nSPS) is 17.8. The molecule has 0 aliphatic carbocycles. The summed E-state index contributed by atoms with van der Waals surface area (Å²) in [6, 6.07) is 8.21. The van der Waals surface area contributed by atoms with Crippen molar-refractivity contribution in [2.75, 3.05) is 44.4 Å². The van der Waals surface area contributed by atoms with Crippen LogP contribution < -0.4 is 10.6 Å². The van der Waals surface area contributed by atoms with E-state index in [2.05, 4.69) is 50.6 Å². The van der Waals surface area contributed by atoms with Gasteiger partial charge in [0.2, 0.25) is 11.9 Å². The Morgan fingerprint density at radius 2 is 2.08 bits per heavy atom. The van der Waals surface area contributed by atoms with E-state index in [1.165, 1.54) is 18.4 Å². The number of anilines is 3. The molecular weight excluding hydrogens is 474 g/mol. The Labute approximate surface area is 217 Å². The van der Waals surface area contributed by atoms with E-state index in [1.54, 1.807) is 18.3 Å². The molecule has 2 aromatic heterocycles. The number of likely N-dealkylation sites (N-methyl/N-ethyl adjacent to an activating group) is 1. The van der Waals surface area contributed by atoms with Crippen molar-refractivity contribution in [2.45, 2.75) is 38.6 Å². The molecule has 0 spiro atoms. The quantitative estimate of drug-likeness (QED) is 0.516. The number of aryl methyl sites for hydroxylation is 1. The number of amides is 1. The average Bonchev–Trinajstić information content (AvgIpc) is 2.99. The van der Waals surface area contributed by atoms with E-state index >= 15 is 0 Å². The zero-order valence-corrected chi connectivity index (χ0v) is 21.8. The number of carbonyl (C=O) groups excluding carboxylic acids is 1. The van der Waals surface area contributed by atoms with Crippen molar-refractivity contribution >= 4 is 34.8 Å². The van der Waals surface area contributed by atoms with Crippen LogP contribution >= 0.6 is 11.6 Å². The van der Waals surface area contributed by atoms with Crippen molar-refractivity contribution in [2.24, 2.45) is 0 Å². The molecule has 9 heteroatoms. The Morgan fingerprint density at radius 1 is 1.22 bits per heavy atom. The number of hydrogen-bond acceptors (Lipinski definition) is 7. The number of likely N-dealkylation sites (tertiary alicyclic amines) is 1. The van der Waals surface area contributed by atoms with Crippen LogP contribution in [-0.2, 0) is 17.6 Å². The van der Waals surface area contributed by atoms with E-state index in [4.69, 9.17) is 16.6 Å². The zero-order chi connectivity index (χ0) is 25.2. The average molecular weight is 506 g/mol. The maximum Gasteiger partial charge on any atom is 0.228 e.